The van der Waals surface area contributed by atoms with Crippen molar-refractivity contribution in [3.8, 4) is 17.0 Å². The van der Waals surface area contributed by atoms with Gasteiger partial charge in [0, 0.05) is 16.2 Å². The molecular weight excluding hydrogens is 294 g/mol. The van der Waals surface area contributed by atoms with Crippen LogP contribution in [0.25, 0.3) is 11.3 Å². The highest BCUT2D eigenvalue weighted by molar-refractivity contribution is 9.10. The van der Waals surface area contributed by atoms with E-state index in [-0.39, 0.29) is 0 Å². The van der Waals surface area contributed by atoms with Gasteiger partial charge in [-0.3, -0.25) is 0 Å². The van der Waals surface area contributed by atoms with E-state index in [2.05, 4.69) is 31.2 Å². The molecule has 18 heavy (non-hydrogen) atoms. The highest BCUT2D eigenvalue weighted by atomic mass is 79.9. The van der Waals surface area contributed by atoms with Gasteiger partial charge in [0.2, 0.25) is 0 Å². The molecule has 2 aromatic rings. The zero-order valence-corrected chi connectivity index (χ0v) is 11.9. The van der Waals surface area contributed by atoms with Crippen molar-refractivity contribution in [3.63, 3.8) is 0 Å². The van der Waals surface area contributed by atoms with E-state index in [4.69, 9.17) is 4.74 Å². The first-order chi connectivity index (χ1) is 8.74. The Morgan fingerprint density at radius 1 is 1.33 bits per heavy atom. The Balaban J connectivity index is 2.47. The number of hydrogen-bond acceptors (Lipinski definition) is 4. The first kappa shape index (κ1) is 13.0. The second-order valence-electron chi connectivity index (χ2n) is 3.73. The van der Waals surface area contributed by atoms with Crippen molar-refractivity contribution < 1.29 is 4.74 Å². The maximum absolute atomic E-state index is 5.36. The molecular formula is C13H14BrN3O. The molecule has 1 heterocycles. The molecule has 0 spiro atoms. The van der Waals surface area contributed by atoms with Crippen LogP contribution in [0.2, 0.25) is 0 Å². The molecule has 0 atom stereocenters. The van der Waals surface area contributed by atoms with Crippen molar-refractivity contribution in [2.24, 2.45) is 0 Å². The molecule has 1 aromatic carbocycles. The standard InChI is InChI=1S/C13H14BrN3O/c1-15-8-13-16-6-5-11(17-13)10-7-9(14)3-4-12(10)18-2/h3-7,15H,8H2,1-2H3. The minimum atomic E-state index is 0.643. The molecule has 1 N–H and O–H groups in total. The third-order valence-electron chi connectivity index (χ3n) is 2.48. The fraction of sp³-hybridized carbons (Fsp3) is 0.231. The summed E-state index contributed by atoms with van der Waals surface area (Å²) in [5.74, 6) is 1.56. The summed E-state index contributed by atoms with van der Waals surface area (Å²) < 4.78 is 6.35. The van der Waals surface area contributed by atoms with Gasteiger partial charge in [-0.25, -0.2) is 9.97 Å². The average Bonchev–Trinajstić information content (AvgIpc) is 2.39. The van der Waals surface area contributed by atoms with Crippen LogP contribution in [-0.4, -0.2) is 24.1 Å². The van der Waals surface area contributed by atoms with Crippen LogP contribution < -0.4 is 10.1 Å². The summed E-state index contributed by atoms with van der Waals surface area (Å²) in [4.78, 5) is 8.71. The second kappa shape index (κ2) is 5.93. The summed E-state index contributed by atoms with van der Waals surface area (Å²) in [6.45, 7) is 0.643. The van der Waals surface area contributed by atoms with Gasteiger partial charge < -0.3 is 10.1 Å². The monoisotopic (exact) mass is 307 g/mol. The number of nitrogens with one attached hydrogen (secondary N) is 1. The van der Waals surface area contributed by atoms with Crippen LogP contribution in [0.1, 0.15) is 5.82 Å². The predicted molar refractivity (Wildman–Crippen MR) is 74.5 cm³/mol. The van der Waals surface area contributed by atoms with Crippen LogP contribution in [0.3, 0.4) is 0 Å². The highest BCUT2D eigenvalue weighted by Gasteiger charge is 2.08. The van der Waals surface area contributed by atoms with Crippen molar-refractivity contribution in [1.29, 1.82) is 0 Å². The molecule has 2 rings (SSSR count). The molecule has 0 amide bonds. The summed E-state index contributed by atoms with van der Waals surface area (Å²) in [5.41, 5.74) is 1.81. The molecule has 0 aliphatic heterocycles. The van der Waals surface area contributed by atoms with Crippen LogP contribution in [0.15, 0.2) is 34.9 Å². The van der Waals surface area contributed by atoms with E-state index in [1.165, 1.54) is 0 Å². The minimum absolute atomic E-state index is 0.643. The van der Waals surface area contributed by atoms with Crippen LogP contribution in [0, 0.1) is 0 Å². The number of hydrogen-bond donors (Lipinski definition) is 1. The molecule has 0 aliphatic rings. The number of nitrogens with zero attached hydrogens (tertiary/aromatic N) is 2. The lowest BCUT2D eigenvalue weighted by Crippen LogP contribution is -2.09. The van der Waals surface area contributed by atoms with Crippen LogP contribution in [0.5, 0.6) is 5.75 Å². The van der Waals surface area contributed by atoms with Crippen LogP contribution in [0.4, 0.5) is 0 Å². The summed E-state index contributed by atoms with van der Waals surface area (Å²) in [6.07, 6.45) is 1.76. The number of aromatic nitrogens is 2. The third-order valence-corrected chi connectivity index (χ3v) is 2.97. The van der Waals surface area contributed by atoms with E-state index in [1.54, 1.807) is 13.3 Å². The SMILES string of the molecule is CNCc1nccc(-c2cc(Br)ccc2OC)n1. The van der Waals surface area contributed by atoms with Gasteiger partial charge in [-0.1, -0.05) is 15.9 Å². The number of benzene rings is 1. The Kier molecular flexibility index (Phi) is 4.28. The zero-order chi connectivity index (χ0) is 13.0. The average molecular weight is 308 g/mol. The summed E-state index contributed by atoms with van der Waals surface area (Å²) in [6, 6.07) is 7.73. The summed E-state index contributed by atoms with van der Waals surface area (Å²) in [5, 5.41) is 3.04. The number of rotatable bonds is 4. The fourth-order valence-electron chi connectivity index (χ4n) is 1.67. The van der Waals surface area contributed by atoms with E-state index in [1.807, 2.05) is 31.3 Å². The fourth-order valence-corrected chi connectivity index (χ4v) is 2.03. The normalized spacial score (nSPS) is 10.4. The topological polar surface area (TPSA) is 47.0 Å². The smallest absolute Gasteiger partial charge is 0.142 e. The van der Waals surface area contributed by atoms with Gasteiger partial charge in [-0.15, -0.1) is 0 Å². The Morgan fingerprint density at radius 2 is 2.17 bits per heavy atom. The van der Waals surface area contributed by atoms with Gasteiger partial charge in [-0.05, 0) is 31.3 Å². The van der Waals surface area contributed by atoms with Crippen molar-refractivity contribution in [2.75, 3.05) is 14.2 Å². The lowest BCUT2D eigenvalue weighted by Gasteiger charge is -2.09. The molecule has 0 fully saturated rings. The molecule has 0 saturated heterocycles. The Morgan fingerprint density at radius 3 is 2.89 bits per heavy atom. The number of halogens is 1. The molecule has 1 aromatic heterocycles. The Labute approximate surface area is 115 Å². The molecule has 0 radical (unpaired) electrons. The van der Waals surface area contributed by atoms with Gasteiger partial charge in [0.1, 0.15) is 11.6 Å². The van der Waals surface area contributed by atoms with Crippen LogP contribution in [-0.2, 0) is 6.54 Å². The second-order valence-corrected chi connectivity index (χ2v) is 4.65. The molecule has 0 bridgehead atoms. The van der Waals surface area contributed by atoms with E-state index in [0.29, 0.717) is 6.54 Å². The van der Waals surface area contributed by atoms with Crippen molar-refractivity contribution in [1.82, 2.24) is 15.3 Å². The first-order valence-corrected chi connectivity index (χ1v) is 6.34. The number of methoxy groups -OCH3 is 1. The van der Waals surface area contributed by atoms with Crippen LogP contribution >= 0.6 is 15.9 Å². The van der Waals surface area contributed by atoms with Gasteiger partial charge in [0.05, 0.1) is 19.3 Å². The van der Waals surface area contributed by atoms with E-state index >= 15 is 0 Å². The van der Waals surface area contributed by atoms with E-state index < -0.39 is 0 Å². The van der Waals surface area contributed by atoms with Gasteiger partial charge in [0.25, 0.3) is 0 Å². The molecule has 0 aliphatic carbocycles. The predicted octanol–water partition coefficient (Wildman–Crippen LogP) is 2.63. The number of ether oxygens (including phenoxy) is 1. The van der Waals surface area contributed by atoms with Crippen molar-refractivity contribution in [3.05, 3.63) is 40.8 Å². The van der Waals surface area contributed by atoms with E-state index in [9.17, 15) is 0 Å². The molecule has 5 heteroatoms. The van der Waals surface area contributed by atoms with Gasteiger partial charge >= 0.3 is 0 Å². The molecule has 94 valence electrons. The largest absolute Gasteiger partial charge is 0.496 e. The minimum Gasteiger partial charge on any atom is -0.496 e. The Bertz CT molecular complexity index is 546. The highest BCUT2D eigenvalue weighted by Crippen LogP contribution is 2.31. The van der Waals surface area contributed by atoms with Gasteiger partial charge in [-0.2, -0.15) is 0 Å². The van der Waals surface area contributed by atoms with Crippen molar-refractivity contribution in [2.45, 2.75) is 6.54 Å². The zero-order valence-electron chi connectivity index (χ0n) is 10.3. The summed E-state index contributed by atoms with van der Waals surface area (Å²) in [7, 11) is 3.53. The maximum atomic E-state index is 5.36. The molecule has 4 nitrogen and oxygen atoms in total. The van der Waals surface area contributed by atoms with E-state index in [0.717, 1.165) is 27.3 Å². The van der Waals surface area contributed by atoms with Crippen molar-refractivity contribution >= 4 is 15.9 Å². The lowest BCUT2D eigenvalue weighted by molar-refractivity contribution is 0.416. The van der Waals surface area contributed by atoms with Gasteiger partial charge in [0.15, 0.2) is 0 Å². The first-order valence-electron chi connectivity index (χ1n) is 5.55. The lowest BCUT2D eigenvalue weighted by atomic mass is 10.1. The maximum Gasteiger partial charge on any atom is 0.142 e. The third kappa shape index (κ3) is 2.86. The quantitative estimate of drug-likeness (QED) is 0.943. The summed E-state index contributed by atoms with van der Waals surface area (Å²) >= 11 is 3.46. The Hall–Kier alpha value is -1.46. The molecule has 0 unspecified atom stereocenters. The molecule has 0 saturated carbocycles.